The highest BCUT2D eigenvalue weighted by atomic mass is 79.9. The van der Waals surface area contributed by atoms with E-state index in [2.05, 4.69) is 32.4 Å². The van der Waals surface area contributed by atoms with E-state index in [4.69, 9.17) is 17.3 Å². The predicted octanol–water partition coefficient (Wildman–Crippen LogP) is 3.95. The predicted molar refractivity (Wildman–Crippen MR) is 82.3 cm³/mol. The van der Waals surface area contributed by atoms with E-state index in [1.807, 2.05) is 30.6 Å². The Morgan fingerprint density at radius 2 is 2.26 bits per heavy atom. The second kappa shape index (κ2) is 6.55. The SMILES string of the molecule is CCCn1ccnc1CC(N)c1ccc(Br)c(Cl)c1. The van der Waals surface area contributed by atoms with Crippen LogP contribution in [0.3, 0.4) is 0 Å². The maximum atomic E-state index is 6.24. The van der Waals surface area contributed by atoms with Crippen molar-refractivity contribution in [3.8, 4) is 0 Å². The van der Waals surface area contributed by atoms with Crippen LogP contribution in [0, 0.1) is 0 Å². The van der Waals surface area contributed by atoms with Gasteiger partial charge in [0.1, 0.15) is 5.82 Å². The molecule has 1 aromatic carbocycles. The summed E-state index contributed by atoms with van der Waals surface area (Å²) in [7, 11) is 0. The van der Waals surface area contributed by atoms with Crippen molar-refractivity contribution in [2.45, 2.75) is 32.4 Å². The van der Waals surface area contributed by atoms with Gasteiger partial charge in [-0.3, -0.25) is 0 Å². The van der Waals surface area contributed by atoms with Gasteiger partial charge in [-0.25, -0.2) is 4.98 Å². The second-order valence-corrected chi connectivity index (χ2v) is 5.78. The number of rotatable bonds is 5. The Labute approximate surface area is 126 Å². The molecule has 102 valence electrons. The number of halogens is 2. The standard InChI is InChI=1S/C14H17BrClN3/c1-2-6-19-7-5-18-14(19)9-13(17)10-3-4-11(15)12(16)8-10/h3-5,7-8,13H,2,6,9,17H2,1H3. The molecule has 1 aromatic heterocycles. The molecule has 0 aliphatic heterocycles. The van der Waals surface area contributed by atoms with Gasteiger partial charge in [0.05, 0.1) is 5.02 Å². The zero-order valence-electron chi connectivity index (χ0n) is 10.8. The number of imidazole rings is 1. The average molecular weight is 343 g/mol. The van der Waals surface area contributed by atoms with Crippen LogP contribution in [-0.4, -0.2) is 9.55 Å². The van der Waals surface area contributed by atoms with Crippen molar-refractivity contribution in [3.05, 3.63) is 51.5 Å². The fourth-order valence-corrected chi connectivity index (χ4v) is 2.47. The Kier molecular flexibility index (Phi) is 5.02. The van der Waals surface area contributed by atoms with Crippen LogP contribution in [0.1, 0.15) is 30.8 Å². The summed E-state index contributed by atoms with van der Waals surface area (Å²) in [6.07, 6.45) is 5.63. The van der Waals surface area contributed by atoms with Gasteiger partial charge < -0.3 is 10.3 Å². The summed E-state index contributed by atoms with van der Waals surface area (Å²) in [5.41, 5.74) is 7.27. The number of aromatic nitrogens is 2. The first-order valence-electron chi connectivity index (χ1n) is 6.32. The summed E-state index contributed by atoms with van der Waals surface area (Å²) in [6, 6.07) is 5.73. The molecule has 3 nitrogen and oxygen atoms in total. The lowest BCUT2D eigenvalue weighted by atomic mass is 10.0. The molecular weight excluding hydrogens is 326 g/mol. The van der Waals surface area contributed by atoms with E-state index in [0.29, 0.717) is 11.4 Å². The van der Waals surface area contributed by atoms with Gasteiger partial charge in [-0.1, -0.05) is 24.6 Å². The highest BCUT2D eigenvalue weighted by Crippen LogP contribution is 2.26. The van der Waals surface area contributed by atoms with Crippen LogP contribution >= 0.6 is 27.5 Å². The maximum Gasteiger partial charge on any atom is 0.110 e. The fourth-order valence-electron chi connectivity index (χ4n) is 2.03. The summed E-state index contributed by atoms with van der Waals surface area (Å²) in [6.45, 7) is 3.13. The second-order valence-electron chi connectivity index (χ2n) is 4.52. The van der Waals surface area contributed by atoms with Crippen LogP contribution in [-0.2, 0) is 13.0 Å². The van der Waals surface area contributed by atoms with E-state index in [9.17, 15) is 0 Å². The van der Waals surface area contributed by atoms with E-state index >= 15 is 0 Å². The Hall–Kier alpha value is -0.840. The van der Waals surface area contributed by atoms with Crippen LogP contribution in [0.2, 0.25) is 5.02 Å². The number of hydrogen-bond donors (Lipinski definition) is 1. The topological polar surface area (TPSA) is 43.8 Å². The minimum absolute atomic E-state index is 0.0939. The van der Waals surface area contributed by atoms with Gasteiger partial charge in [-0.05, 0) is 40.0 Å². The number of hydrogen-bond acceptors (Lipinski definition) is 2. The smallest absolute Gasteiger partial charge is 0.110 e. The van der Waals surface area contributed by atoms with Crippen molar-refractivity contribution < 1.29 is 0 Å². The van der Waals surface area contributed by atoms with Crippen LogP contribution in [0.15, 0.2) is 35.1 Å². The van der Waals surface area contributed by atoms with Gasteiger partial charge in [0.2, 0.25) is 0 Å². The molecule has 1 atom stereocenters. The molecule has 2 rings (SSSR count). The highest BCUT2D eigenvalue weighted by Gasteiger charge is 2.12. The first-order valence-corrected chi connectivity index (χ1v) is 7.49. The van der Waals surface area contributed by atoms with Crippen LogP contribution in [0.4, 0.5) is 0 Å². The molecule has 1 unspecified atom stereocenters. The molecule has 0 radical (unpaired) electrons. The molecule has 0 amide bonds. The normalized spacial score (nSPS) is 12.6. The highest BCUT2D eigenvalue weighted by molar-refractivity contribution is 9.10. The first kappa shape index (κ1) is 14.6. The maximum absolute atomic E-state index is 6.24. The van der Waals surface area contributed by atoms with Gasteiger partial charge >= 0.3 is 0 Å². The minimum atomic E-state index is -0.0939. The largest absolute Gasteiger partial charge is 0.335 e. The average Bonchev–Trinajstić information content (AvgIpc) is 2.80. The van der Waals surface area contributed by atoms with Gasteiger partial charge in [0.15, 0.2) is 0 Å². The van der Waals surface area contributed by atoms with Crippen molar-refractivity contribution in [1.82, 2.24) is 9.55 Å². The lowest BCUT2D eigenvalue weighted by Gasteiger charge is -2.14. The van der Waals surface area contributed by atoms with E-state index in [-0.39, 0.29) is 6.04 Å². The third-order valence-electron chi connectivity index (χ3n) is 3.04. The number of benzene rings is 1. The Morgan fingerprint density at radius 3 is 2.95 bits per heavy atom. The third kappa shape index (κ3) is 3.59. The van der Waals surface area contributed by atoms with Gasteiger partial charge in [0, 0.05) is 35.9 Å². The van der Waals surface area contributed by atoms with Gasteiger partial charge in [0.25, 0.3) is 0 Å². The van der Waals surface area contributed by atoms with Crippen molar-refractivity contribution in [3.63, 3.8) is 0 Å². The van der Waals surface area contributed by atoms with Crippen molar-refractivity contribution in [2.24, 2.45) is 5.73 Å². The summed E-state index contributed by atoms with van der Waals surface area (Å²) >= 11 is 9.48. The molecule has 5 heteroatoms. The Bertz CT molecular complexity index is 553. The monoisotopic (exact) mass is 341 g/mol. The summed E-state index contributed by atoms with van der Waals surface area (Å²) in [5, 5.41) is 0.685. The first-order chi connectivity index (χ1) is 9.11. The molecule has 0 aliphatic rings. The van der Waals surface area contributed by atoms with E-state index in [1.54, 1.807) is 0 Å². The molecular formula is C14H17BrClN3. The van der Waals surface area contributed by atoms with Crippen LogP contribution in [0.25, 0.3) is 0 Å². The van der Waals surface area contributed by atoms with Crippen LogP contribution < -0.4 is 5.73 Å². The fraction of sp³-hybridized carbons (Fsp3) is 0.357. The summed E-state index contributed by atoms with van der Waals surface area (Å²) in [4.78, 5) is 4.38. The van der Waals surface area contributed by atoms with E-state index < -0.39 is 0 Å². The van der Waals surface area contributed by atoms with Crippen molar-refractivity contribution >= 4 is 27.5 Å². The zero-order valence-corrected chi connectivity index (χ0v) is 13.2. The molecule has 0 aliphatic carbocycles. The molecule has 0 fully saturated rings. The molecule has 2 N–H and O–H groups in total. The number of nitrogens with two attached hydrogens (primary N) is 1. The summed E-state index contributed by atoms with van der Waals surface area (Å²) in [5.74, 6) is 1.02. The Balaban J connectivity index is 2.13. The van der Waals surface area contributed by atoms with Crippen molar-refractivity contribution in [2.75, 3.05) is 0 Å². The zero-order chi connectivity index (χ0) is 13.8. The quantitative estimate of drug-likeness (QED) is 0.894. The Morgan fingerprint density at radius 1 is 1.47 bits per heavy atom. The molecule has 0 saturated heterocycles. The lowest BCUT2D eigenvalue weighted by molar-refractivity contribution is 0.599. The van der Waals surface area contributed by atoms with E-state index in [0.717, 1.165) is 28.8 Å². The van der Waals surface area contributed by atoms with Gasteiger partial charge in [-0.2, -0.15) is 0 Å². The molecule has 1 heterocycles. The molecule has 0 spiro atoms. The molecule has 2 aromatic rings. The number of nitrogens with zero attached hydrogens (tertiary/aromatic N) is 2. The molecule has 19 heavy (non-hydrogen) atoms. The van der Waals surface area contributed by atoms with E-state index in [1.165, 1.54) is 0 Å². The van der Waals surface area contributed by atoms with Crippen molar-refractivity contribution in [1.29, 1.82) is 0 Å². The number of aryl methyl sites for hydroxylation is 1. The lowest BCUT2D eigenvalue weighted by Crippen LogP contribution is -2.16. The third-order valence-corrected chi connectivity index (χ3v) is 4.27. The van der Waals surface area contributed by atoms with Gasteiger partial charge in [-0.15, -0.1) is 0 Å². The summed E-state index contributed by atoms with van der Waals surface area (Å²) < 4.78 is 3.04. The van der Waals surface area contributed by atoms with Crippen LogP contribution in [0.5, 0.6) is 0 Å². The molecule has 0 bridgehead atoms. The minimum Gasteiger partial charge on any atom is -0.335 e. The molecule has 0 saturated carbocycles.